The van der Waals surface area contributed by atoms with Gasteiger partial charge >= 0.3 is 5.97 Å². The van der Waals surface area contributed by atoms with Crippen molar-refractivity contribution in [2.24, 2.45) is 5.92 Å². The molecule has 2 amide bonds. The molecule has 190 valence electrons. The number of carboxylic acids is 1. The van der Waals surface area contributed by atoms with Crippen LogP contribution < -0.4 is 5.32 Å². The van der Waals surface area contributed by atoms with Crippen molar-refractivity contribution < 1.29 is 19.5 Å². The van der Waals surface area contributed by atoms with Gasteiger partial charge in [-0.1, -0.05) is 80.6 Å². The van der Waals surface area contributed by atoms with E-state index in [1.165, 1.54) is 4.90 Å². The zero-order chi connectivity index (χ0) is 26.8. The number of hydrogen-bond acceptors (Lipinski definition) is 3. The van der Waals surface area contributed by atoms with Crippen LogP contribution in [0.3, 0.4) is 0 Å². The van der Waals surface area contributed by atoms with Crippen LogP contribution in [0, 0.1) is 5.92 Å². The smallest absolute Gasteiger partial charge is 0.326 e. The number of hydrogen-bond donors (Lipinski definition) is 2. The highest BCUT2D eigenvalue weighted by Crippen LogP contribution is 2.31. The lowest BCUT2D eigenvalue weighted by Gasteiger charge is -2.27. The maximum atomic E-state index is 13.1. The van der Waals surface area contributed by atoms with E-state index >= 15 is 0 Å². The Hall–Kier alpha value is -4.71. The Kier molecular flexibility index (Phi) is 6.79. The van der Waals surface area contributed by atoms with Gasteiger partial charge in [0.15, 0.2) is 0 Å². The zero-order valence-corrected chi connectivity index (χ0v) is 21.2. The quantitative estimate of drug-likeness (QED) is 0.308. The van der Waals surface area contributed by atoms with Crippen LogP contribution in [-0.4, -0.2) is 33.8 Å². The van der Waals surface area contributed by atoms with Gasteiger partial charge in [-0.05, 0) is 64.1 Å². The highest BCUT2D eigenvalue weighted by atomic mass is 16.4. The first-order valence-electron chi connectivity index (χ1n) is 12.6. The number of amides is 2. The molecule has 0 fully saturated rings. The lowest BCUT2D eigenvalue weighted by atomic mass is 10.00. The number of nitrogens with zero attached hydrogens (tertiary/aromatic N) is 1. The first-order chi connectivity index (χ1) is 18.3. The molecule has 6 heteroatoms. The van der Waals surface area contributed by atoms with Crippen molar-refractivity contribution in [2.45, 2.75) is 26.4 Å². The molecule has 1 atom stereocenters. The third-order valence-electron chi connectivity index (χ3n) is 6.89. The van der Waals surface area contributed by atoms with Crippen LogP contribution in [-0.2, 0) is 11.3 Å². The number of anilines is 1. The van der Waals surface area contributed by atoms with E-state index in [-0.39, 0.29) is 17.7 Å². The molecule has 1 aliphatic rings. The summed E-state index contributed by atoms with van der Waals surface area (Å²) in [4.78, 5) is 39.0. The van der Waals surface area contributed by atoms with Crippen LogP contribution in [0.5, 0.6) is 0 Å². The van der Waals surface area contributed by atoms with Gasteiger partial charge in [0.05, 0.1) is 0 Å². The van der Waals surface area contributed by atoms with E-state index in [0.29, 0.717) is 23.4 Å². The molecule has 2 N–H and O–H groups in total. The van der Waals surface area contributed by atoms with Crippen LogP contribution >= 0.6 is 0 Å². The second-order valence-electron chi connectivity index (χ2n) is 9.81. The Labute approximate surface area is 221 Å². The summed E-state index contributed by atoms with van der Waals surface area (Å²) in [5, 5.41) is 12.6. The van der Waals surface area contributed by atoms with Crippen molar-refractivity contribution in [3.8, 4) is 22.3 Å². The SMILES string of the molecule is CC(C)[C@H](C(=O)O)N1Cc2ccc(-c3ccc(NC(=O)c4ccc(-c5ccccc5)cc4)cc3)cc2C1=O. The summed E-state index contributed by atoms with van der Waals surface area (Å²) >= 11 is 0. The summed E-state index contributed by atoms with van der Waals surface area (Å²) < 4.78 is 0. The van der Waals surface area contributed by atoms with Gasteiger partial charge in [0.25, 0.3) is 11.8 Å². The second kappa shape index (κ2) is 10.3. The number of aliphatic carboxylic acids is 1. The molecule has 0 aliphatic carbocycles. The van der Waals surface area contributed by atoms with E-state index in [0.717, 1.165) is 27.8 Å². The third-order valence-corrected chi connectivity index (χ3v) is 6.89. The molecule has 5 rings (SSSR count). The maximum Gasteiger partial charge on any atom is 0.326 e. The first kappa shape index (κ1) is 25.0. The Morgan fingerprint density at radius 3 is 2.00 bits per heavy atom. The number of carbonyl (C=O) groups excluding carboxylic acids is 2. The molecule has 0 spiro atoms. The van der Waals surface area contributed by atoms with Crippen molar-refractivity contribution in [3.05, 3.63) is 114 Å². The summed E-state index contributed by atoms with van der Waals surface area (Å²) in [6.45, 7) is 3.90. The minimum absolute atomic E-state index is 0.196. The fourth-order valence-corrected chi connectivity index (χ4v) is 4.90. The number of nitrogens with one attached hydrogen (secondary N) is 1. The molecule has 1 heterocycles. The molecule has 4 aromatic rings. The summed E-state index contributed by atoms with van der Waals surface area (Å²) in [6.07, 6.45) is 0. The number of fused-ring (bicyclic) bond motifs is 1. The molecule has 0 saturated heterocycles. The molecule has 6 nitrogen and oxygen atoms in total. The van der Waals surface area contributed by atoms with Gasteiger partial charge in [0.2, 0.25) is 0 Å². The van der Waals surface area contributed by atoms with Gasteiger partial charge in [-0.15, -0.1) is 0 Å². The van der Waals surface area contributed by atoms with Crippen molar-refractivity contribution in [3.63, 3.8) is 0 Å². The van der Waals surface area contributed by atoms with Crippen molar-refractivity contribution in [1.82, 2.24) is 4.90 Å². The lowest BCUT2D eigenvalue weighted by molar-refractivity contribution is -0.144. The number of carbonyl (C=O) groups is 3. The molecule has 0 saturated carbocycles. The number of benzene rings is 4. The highest BCUT2D eigenvalue weighted by Gasteiger charge is 2.38. The van der Waals surface area contributed by atoms with E-state index in [1.54, 1.807) is 13.8 Å². The van der Waals surface area contributed by atoms with Crippen LogP contribution in [0.15, 0.2) is 97.1 Å². The topological polar surface area (TPSA) is 86.7 Å². The predicted molar refractivity (Wildman–Crippen MR) is 148 cm³/mol. The molecular formula is C32H28N2O4. The summed E-state index contributed by atoms with van der Waals surface area (Å²) in [6, 6.07) is 29.7. The minimum atomic E-state index is -0.994. The minimum Gasteiger partial charge on any atom is -0.480 e. The van der Waals surface area contributed by atoms with E-state index in [2.05, 4.69) is 5.32 Å². The van der Waals surface area contributed by atoms with Gasteiger partial charge in [0.1, 0.15) is 6.04 Å². The van der Waals surface area contributed by atoms with Crippen LogP contribution in [0.25, 0.3) is 22.3 Å². The van der Waals surface area contributed by atoms with Crippen LogP contribution in [0.4, 0.5) is 5.69 Å². The van der Waals surface area contributed by atoms with Gasteiger partial charge < -0.3 is 15.3 Å². The van der Waals surface area contributed by atoms with Gasteiger partial charge in [-0.25, -0.2) is 4.79 Å². The average molecular weight is 505 g/mol. The molecule has 0 unspecified atom stereocenters. The van der Waals surface area contributed by atoms with Crippen LogP contribution in [0.2, 0.25) is 0 Å². The van der Waals surface area contributed by atoms with Gasteiger partial charge in [0, 0.05) is 23.4 Å². The fraction of sp³-hybridized carbons (Fsp3) is 0.156. The molecule has 0 bridgehead atoms. The Bertz CT molecular complexity index is 1490. The monoisotopic (exact) mass is 504 g/mol. The Morgan fingerprint density at radius 2 is 1.37 bits per heavy atom. The number of rotatable bonds is 7. The largest absolute Gasteiger partial charge is 0.480 e. The van der Waals surface area contributed by atoms with Gasteiger partial charge in [-0.3, -0.25) is 9.59 Å². The lowest BCUT2D eigenvalue weighted by Crippen LogP contribution is -2.44. The Balaban J connectivity index is 1.28. The summed E-state index contributed by atoms with van der Waals surface area (Å²) in [5.74, 6) is -1.65. The number of carboxylic acid groups (broad SMARTS) is 1. The highest BCUT2D eigenvalue weighted by molar-refractivity contribution is 6.05. The van der Waals surface area contributed by atoms with E-state index in [1.807, 2.05) is 97.1 Å². The molecular weight excluding hydrogens is 476 g/mol. The summed E-state index contributed by atoms with van der Waals surface area (Å²) in [5.41, 5.74) is 6.47. The normalized spacial score (nSPS) is 13.3. The van der Waals surface area contributed by atoms with E-state index in [4.69, 9.17) is 0 Å². The molecule has 0 radical (unpaired) electrons. The fourth-order valence-electron chi connectivity index (χ4n) is 4.90. The standard InChI is InChI=1S/C32H28N2O4/c1-20(2)29(32(37)38)34-19-26-13-12-25(18-28(26)31(34)36)23-14-16-27(17-15-23)33-30(35)24-10-8-22(9-11-24)21-6-4-3-5-7-21/h3-18,20,29H,19H2,1-2H3,(H,33,35)(H,37,38)/t29-/m1/s1. The molecule has 0 aromatic heterocycles. The van der Waals surface area contributed by atoms with Crippen molar-refractivity contribution >= 4 is 23.5 Å². The van der Waals surface area contributed by atoms with E-state index < -0.39 is 12.0 Å². The average Bonchev–Trinajstić information content (AvgIpc) is 3.24. The molecule has 4 aromatic carbocycles. The van der Waals surface area contributed by atoms with Crippen LogP contribution in [0.1, 0.15) is 40.1 Å². The second-order valence-corrected chi connectivity index (χ2v) is 9.81. The zero-order valence-electron chi connectivity index (χ0n) is 21.2. The Morgan fingerprint density at radius 1 is 0.789 bits per heavy atom. The predicted octanol–water partition coefficient (Wildman–Crippen LogP) is 6.34. The third kappa shape index (κ3) is 4.93. The molecule has 1 aliphatic heterocycles. The molecule has 38 heavy (non-hydrogen) atoms. The van der Waals surface area contributed by atoms with Crippen molar-refractivity contribution in [1.29, 1.82) is 0 Å². The van der Waals surface area contributed by atoms with Crippen molar-refractivity contribution in [2.75, 3.05) is 5.32 Å². The van der Waals surface area contributed by atoms with Gasteiger partial charge in [-0.2, -0.15) is 0 Å². The first-order valence-corrected chi connectivity index (χ1v) is 12.6. The maximum absolute atomic E-state index is 13.1. The summed E-state index contributed by atoms with van der Waals surface area (Å²) in [7, 11) is 0. The van der Waals surface area contributed by atoms with E-state index in [9.17, 15) is 19.5 Å².